The van der Waals surface area contributed by atoms with E-state index in [2.05, 4.69) is 29.5 Å². The third-order valence-electron chi connectivity index (χ3n) is 5.43. The number of hydrogen-bond acceptors (Lipinski definition) is 3. The Hall–Kier alpha value is -3.21. The van der Waals surface area contributed by atoms with Crippen molar-refractivity contribution in [1.29, 1.82) is 0 Å². The molecule has 1 N–H and O–H groups in total. The van der Waals surface area contributed by atoms with Crippen LogP contribution in [0, 0.1) is 13.8 Å². The lowest BCUT2D eigenvalue weighted by atomic mass is 10.0. The third-order valence-corrected chi connectivity index (χ3v) is 5.43. The van der Waals surface area contributed by atoms with Crippen molar-refractivity contribution in [2.24, 2.45) is 0 Å². The highest BCUT2D eigenvalue weighted by Crippen LogP contribution is 2.30. The van der Waals surface area contributed by atoms with Gasteiger partial charge in [-0.15, -0.1) is 0 Å². The average molecular weight is 373 g/mol. The van der Waals surface area contributed by atoms with Gasteiger partial charge in [0.25, 0.3) is 5.56 Å². The van der Waals surface area contributed by atoms with Gasteiger partial charge in [-0.1, -0.05) is 36.4 Å². The molecule has 1 aliphatic rings. The molecular formula is C23H23N3O2. The monoisotopic (exact) mass is 373 g/mol. The Labute approximate surface area is 164 Å². The Kier molecular flexibility index (Phi) is 4.82. The molecular weight excluding hydrogens is 350 g/mol. The standard InChI is InChI=1S/C23H23N3O2/c1-15-7-8-18(13-16(15)2)20-11-12-23(28)26(25-20)14-22(27)24-21-10-9-17-5-3-4-6-19(17)21/h3-8,11-13,21H,9-10,14H2,1-2H3,(H,24,27)/t21-/m0/s1. The number of carbonyl (C=O) groups is 1. The van der Waals surface area contributed by atoms with E-state index in [1.165, 1.54) is 27.4 Å². The lowest BCUT2D eigenvalue weighted by molar-refractivity contribution is -0.122. The summed E-state index contributed by atoms with van der Waals surface area (Å²) in [5.74, 6) is -0.200. The Balaban J connectivity index is 1.52. The van der Waals surface area contributed by atoms with Crippen molar-refractivity contribution in [2.45, 2.75) is 39.3 Å². The molecule has 1 aliphatic carbocycles. The van der Waals surface area contributed by atoms with Crippen LogP contribution in [0.2, 0.25) is 0 Å². The molecule has 0 radical (unpaired) electrons. The summed E-state index contributed by atoms with van der Waals surface area (Å²) < 4.78 is 1.24. The van der Waals surface area contributed by atoms with Gasteiger partial charge in [0.2, 0.25) is 5.91 Å². The summed E-state index contributed by atoms with van der Waals surface area (Å²) >= 11 is 0. The molecule has 0 spiro atoms. The second-order valence-corrected chi connectivity index (χ2v) is 7.37. The number of carbonyl (C=O) groups excluding carboxylic acids is 1. The van der Waals surface area contributed by atoms with E-state index < -0.39 is 0 Å². The van der Waals surface area contributed by atoms with Crippen molar-refractivity contribution >= 4 is 5.91 Å². The van der Waals surface area contributed by atoms with E-state index >= 15 is 0 Å². The van der Waals surface area contributed by atoms with Gasteiger partial charge in [0.15, 0.2) is 0 Å². The van der Waals surface area contributed by atoms with Crippen LogP contribution in [0.15, 0.2) is 59.4 Å². The molecule has 0 aliphatic heterocycles. The van der Waals surface area contributed by atoms with Gasteiger partial charge in [0.05, 0.1) is 11.7 Å². The maximum absolute atomic E-state index is 12.6. The molecule has 142 valence electrons. The molecule has 0 saturated carbocycles. The van der Waals surface area contributed by atoms with E-state index in [9.17, 15) is 9.59 Å². The number of benzene rings is 2. The summed E-state index contributed by atoms with van der Waals surface area (Å²) in [5.41, 5.74) is 6.14. The van der Waals surface area contributed by atoms with Crippen LogP contribution < -0.4 is 10.9 Å². The number of fused-ring (bicyclic) bond motifs is 1. The largest absolute Gasteiger partial charge is 0.348 e. The Morgan fingerprint density at radius 1 is 1.11 bits per heavy atom. The molecule has 1 aromatic heterocycles. The normalized spacial score (nSPS) is 15.3. The van der Waals surface area contributed by atoms with E-state index in [1.54, 1.807) is 6.07 Å². The number of aryl methyl sites for hydroxylation is 3. The van der Waals surface area contributed by atoms with Crippen molar-refractivity contribution < 1.29 is 4.79 Å². The molecule has 0 saturated heterocycles. The highest BCUT2D eigenvalue weighted by atomic mass is 16.2. The fourth-order valence-corrected chi connectivity index (χ4v) is 3.70. The SMILES string of the molecule is Cc1ccc(-c2ccc(=O)n(CC(=O)N[C@H]3CCc4ccccc43)n2)cc1C. The quantitative estimate of drug-likeness (QED) is 0.763. The predicted molar refractivity (Wildman–Crippen MR) is 109 cm³/mol. The summed E-state index contributed by atoms with van der Waals surface area (Å²) in [6.45, 7) is 4.01. The minimum atomic E-state index is -0.283. The maximum atomic E-state index is 12.6. The first-order valence-corrected chi connectivity index (χ1v) is 9.54. The van der Waals surface area contributed by atoms with Crippen LogP contribution in [0.5, 0.6) is 0 Å². The molecule has 5 heteroatoms. The van der Waals surface area contributed by atoms with Crippen molar-refractivity contribution in [3.05, 3.63) is 87.2 Å². The summed E-state index contributed by atoms with van der Waals surface area (Å²) in [6.07, 6.45) is 1.84. The minimum Gasteiger partial charge on any atom is -0.348 e. The topological polar surface area (TPSA) is 64.0 Å². The molecule has 3 aromatic rings. The van der Waals surface area contributed by atoms with Gasteiger partial charge in [-0.05, 0) is 61.1 Å². The molecule has 1 atom stereocenters. The highest BCUT2D eigenvalue weighted by molar-refractivity contribution is 5.76. The average Bonchev–Trinajstić information content (AvgIpc) is 3.09. The summed E-state index contributed by atoms with van der Waals surface area (Å²) in [4.78, 5) is 24.8. The number of hydrogen-bond donors (Lipinski definition) is 1. The molecule has 0 bridgehead atoms. The fraction of sp³-hybridized carbons (Fsp3) is 0.261. The number of rotatable bonds is 4. The van der Waals surface area contributed by atoms with Crippen LogP contribution in [0.25, 0.3) is 11.3 Å². The number of nitrogens with one attached hydrogen (secondary N) is 1. The molecule has 1 amide bonds. The first kappa shape index (κ1) is 18.2. The summed E-state index contributed by atoms with van der Waals surface area (Å²) in [6, 6.07) is 17.4. The Bertz CT molecular complexity index is 1100. The zero-order valence-corrected chi connectivity index (χ0v) is 16.1. The smallest absolute Gasteiger partial charge is 0.267 e. The minimum absolute atomic E-state index is 0.00216. The van der Waals surface area contributed by atoms with Crippen LogP contribution in [0.4, 0.5) is 0 Å². The molecule has 0 fully saturated rings. The number of aromatic nitrogens is 2. The lowest BCUT2D eigenvalue weighted by Crippen LogP contribution is -2.35. The van der Waals surface area contributed by atoms with Crippen molar-refractivity contribution in [1.82, 2.24) is 15.1 Å². The van der Waals surface area contributed by atoms with Gasteiger partial charge in [-0.2, -0.15) is 5.10 Å². The fourth-order valence-electron chi connectivity index (χ4n) is 3.70. The van der Waals surface area contributed by atoms with Gasteiger partial charge in [0.1, 0.15) is 6.54 Å². The second-order valence-electron chi connectivity index (χ2n) is 7.37. The Morgan fingerprint density at radius 3 is 2.75 bits per heavy atom. The van der Waals surface area contributed by atoms with Gasteiger partial charge in [-0.25, -0.2) is 4.68 Å². The van der Waals surface area contributed by atoms with E-state index in [0.717, 1.165) is 24.0 Å². The van der Waals surface area contributed by atoms with E-state index in [0.29, 0.717) is 5.69 Å². The van der Waals surface area contributed by atoms with Gasteiger partial charge in [0, 0.05) is 11.6 Å². The van der Waals surface area contributed by atoms with Crippen LogP contribution in [0.1, 0.15) is 34.7 Å². The molecule has 2 aromatic carbocycles. The molecule has 1 heterocycles. The predicted octanol–water partition coefficient (Wildman–Crippen LogP) is 3.33. The van der Waals surface area contributed by atoms with E-state index in [4.69, 9.17) is 0 Å². The second kappa shape index (κ2) is 7.43. The van der Waals surface area contributed by atoms with Crippen LogP contribution in [-0.4, -0.2) is 15.7 Å². The molecule has 5 nitrogen and oxygen atoms in total. The van der Waals surface area contributed by atoms with E-state index in [-0.39, 0.29) is 24.1 Å². The van der Waals surface area contributed by atoms with Crippen molar-refractivity contribution in [2.75, 3.05) is 0 Å². The third kappa shape index (κ3) is 3.60. The molecule has 4 rings (SSSR count). The summed E-state index contributed by atoms with van der Waals surface area (Å²) in [7, 11) is 0. The van der Waals surface area contributed by atoms with Gasteiger partial charge in [-0.3, -0.25) is 9.59 Å². The highest BCUT2D eigenvalue weighted by Gasteiger charge is 2.23. The number of amides is 1. The van der Waals surface area contributed by atoms with Crippen LogP contribution >= 0.6 is 0 Å². The Morgan fingerprint density at radius 2 is 1.93 bits per heavy atom. The van der Waals surface area contributed by atoms with Gasteiger partial charge >= 0.3 is 0 Å². The number of nitrogens with zero attached hydrogens (tertiary/aromatic N) is 2. The molecule has 28 heavy (non-hydrogen) atoms. The zero-order valence-electron chi connectivity index (χ0n) is 16.1. The zero-order chi connectivity index (χ0) is 19.7. The first-order valence-electron chi connectivity index (χ1n) is 9.54. The lowest BCUT2D eigenvalue weighted by Gasteiger charge is -2.15. The van der Waals surface area contributed by atoms with Crippen LogP contribution in [0.3, 0.4) is 0 Å². The molecule has 0 unspecified atom stereocenters. The first-order chi connectivity index (χ1) is 13.5. The maximum Gasteiger partial charge on any atom is 0.267 e. The summed E-state index contributed by atoms with van der Waals surface area (Å²) in [5, 5.41) is 7.46. The van der Waals surface area contributed by atoms with Crippen molar-refractivity contribution in [3.63, 3.8) is 0 Å². The van der Waals surface area contributed by atoms with E-state index in [1.807, 2.05) is 37.3 Å². The van der Waals surface area contributed by atoms with Crippen LogP contribution in [-0.2, 0) is 17.8 Å². The van der Waals surface area contributed by atoms with Crippen molar-refractivity contribution in [3.8, 4) is 11.3 Å². The van der Waals surface area contributed by atoms with Gasteiger partial charge < -0.3 is 5.32 Å².